The molecule has 1 aromatic carbocycles. The number of rotatable bonds is 3. The average molecular weight is 217 g/mol. The third kappa shape index (κ3) is 1.98. The highest BCUT2D eigenvalue weighted by molar-refractivity contribution is 5.59. The zero-order valence-electron chi connectivity index (χ0n) is 9.17. The van der Waals surface area contributed by atoms with Gasteiger partial charge in [-0.2, -0.15) is 5.10 Å². The van der Waals surface area contributed by atoms with Crippen LogP contribution in [0.1, 0.15) is 11.7 Å². The summed E-state index contributed by atoms with van der Waals surface area (Å²) >= 11 is 0. The van der Waals surface area contributed by atoms with Gasteiger partial charge in [-0.3, -0.25) is 4.68 Å². The molecule has 0 aliphatic carbocycles. The number of benzene rings is 1. The minimum Gasteiger partial charge on any atom is -0.394 e. The number of nitrogens with two attached hydrogens (primary N) is 1. The lowest BCUT2D eigenvalue weighted by molar-refractivity contribution is 0.263. The van der Waals surface area contributed by atoms with Gasteiger partial charge >= 0.3 is 0 Å². The Morgan fingerprint density at radius 1 is 1.38 bits per heavy atom. The lowest BCUT2D eigenvalue weighted by Crippen LogP contribution is -2.17. The number of hydrogen-bond donors (Lipinski definition) is 2. The van der Waals surface area contributed by atoms with Crippen molar-refractivity contribution >= 4 is 0 Å². The Kier molecular flexibility index (Phi) is 3.03. The van der Waals surface area contributed by atoms with E-state index >= 15 is 0 Å². The number of aromatic nitrogens is 2. The summed E-state index contributed by atoms with van der Waals surface area (Å²) < 4.78 is 1.71. The van der Waals surface area contributed by atoms with Crippen molar-refractivity contribution in [1.82, 2.24) is 9.78 Å². The van der Waals surface area contributed by atoms with Gasteiger partial charge in [-0.15, -0.1) is 0 Å². The van der Waals surface area contributed by atoms with E-state index in [1.54, 1.807) is 4.68 Å². The van der Waals surface area contributed by atoms with Gasteiger partial charge in [0.2, 0.25) is 0 Å². The predicted octanol–water partition coefficient (Wildman–Crippen LogP) is 1.08. The number of nitrogens with zero attached hydrogens (tertiary/aromatic N) is 2. The molecule has 0 aliphatic heterocycles. The van der Waals surface area contributed by atoms with Crippen LogP contribution in [-0.4, -0.2) is 21.5 Å². The molecular weight excluding hydrogens is 202 g/mol. The Bertz CT molecular complexity index is 464. The molecule has 16 heavy (non-hydrogen) atoms. The van der Waals surface area contributed by atoms with Gasteiger partial charge in [0, 0.05) is 12.6 Å². The van der Waals surface area contributed by atoms with Crippen LogP contribution in [0.5, 0.6) is 0 Å². The summed E-state index contributed by atoms with van der Waals surface area (Å²) in [5.41, 5.74) is 8.54. The second-order valence-corrected chi connectivity index (χ2v) is 3.73. The first-order chi connectivity index (χ1) is 7.72. The minimum absolute atomic E-state index is 0.0756. The van der Waals surface area contributed by atoms with Gasteiger partial charge < -0.3 is 10.8 Å². The maximum atomic E-state index is 9.03. The van der Waals surface area contributed by atoms with Crippen molar-refractivity contribution in [3.8, 4) is 11.3 Å². The lowest BCUT2D eigenvalue weighted by Gasteiger charge is -2.06. The summed E-state index contributed by atoms with van der Waals surface area (Å²) in [6.07, 6.45) is 0. The fourth-order valence-electron chi connectivity index (χ4n) is 1.67. The van der Waals surface area contributed by atoms with E-state index in [0.29, 0.717) is 0 Å². The summed E-state index contributed by atoms with van der Waals surface area (Å²) in [6.45, 7) is -0.0756. The van der Waals surface area contributed by atoms with Crippen LogP contribution in [0, 0.1) is 0 Å². The Balaban J connectivity index is 2.38. The molecule has 2 rings (SSSR count). The Hall–Kier alpha value is -1.65. The van der Waals surface area contributed by atoms with E-state index in [1.807, 2.05) is 43.4 Å². The quantitative estimate of drug-likeness (QED) is 0.808. The fraction of sp³-hybridized carbons (Fsp3) is 0.250. The van der Waals surface area contributed by atoms with Crippen molar-refractivity contribution in [1.29, 1.82) is 0 Å². The van der Waals surface area contributed by atoms with Crippen LogP contribution in [0.2, 0.25) is 0 Å². The summed E-state index contributed by atoms with van der Waals surface area (Å²) in [7, 11) is 1.83. The van der Waals surface area contributed by atoms with E-state index in [1.165, 1.54) is 0 Å². The molecule has 1 unspecified atom stereocenters. The highest BCUT2D eigenvalue weighted by Crippen LogP contribution is 2.20. The molecule has 0 aliphatic rings. The molecule has 2 aromatic rings. The van der Waals surface area contributed by atoms with Crippen molar-refractivity contribution in [3.63, 3.8) is 0 Å². The molecule has 4 nitrogen and oxygen atoms in total. The summed E-state index contributed by atoms with van der Waals surface area (Å²) in [4.78, 5) is 0. The second kappa shape index (κ2) is 4.47. The molecule has 0 amide bonds. The highest BCUT2D eigenvalue weighted by atomic mass is 16.3. The molecule has 3 N–H and O–H groups in total. The van der Waals surface area contributed by atoms with E-state index in [0.717, 1.165) is 17.0 Å². The van der Waals surface area contributed by atoms with Crippen molar-refractivity contribution in [3.05, 3.63) is 42.1 Å². The molecule has 1 heterocycles. The van der Waals surface area contributed by atoms with Gasteiger partial charge in [0.15, 0.2) is 0 Å². The van der Waals surface area contributed by atoms with Crippen LogP contribution < -0.4 is 5.73 Å². The van der Waals surface area contributed by atoms with Gasteiger partial charge in [0.25, 0.3) is 0 Å². The first-order valence-electron chi connectivity index (χ1n) is 5.18. The van der Waals surface area contributed by atoms with Crippen LogP contribution in [-0.2, 0) is 7.05 Å². The Morgan fingerprint density at radius 2 is 2.06 bits per heavy atom. The predicted molar refractivity (Wildman–Crippen MR) is 62.7 cm³/mol. The molecule has 0 radical (unpaired) electrons. The zero-order valence-corrected chi connectivity index (χ0v) is 9.17. The van der Waals surface area contributed by atoms with Crippen molar-refractivity contribution in [2.24, 2.45) is 12.8 Å². The zero-order chi connectivity index (χ0) is 11.5. The first kappa shape index (κ1) is 10.9. The largest absolute Gasteiger partial charge is 0.394 e. The highest BCUT2D eigenvalue weighted by Gasteiger charge is 2.12. The number of hydrogen-bond acceptors (Lipinski definition) is 3. The standard InChI is InChI=1S/C12H15N3O/c1-15-12(10(13)8-16)7-11(14-15)9-5-3-2-4-6-9/h2-7,10,16H,8,13H2,1H3. The average Bonchev–Trinajstić information content (AvgIpc) is 2.71. The lowest BCUT2D eigenvalue weighted by atomic mass is 10.1. The third-order valence-electron chi connectivity index (χ3n) is 2.56. The van der Waals surface area contributed by atoms with Gasteiger partial charge in [-0.05, 0) is 6.07 Å². The number of aliphatic hydroxyl groups excluding tert-OH is 1. The van der Waals surface area contributed by atoms with Crippen LogP contribution in [0.3, 0.4) is 0 Å². The molecule has 0 spiro atoms. The summed E-state index contributed by atoms with van der Waals surface area (Å²) in [6, 6.07) is 11.4. The fourth-order valence-corrected chi connectivity index (χ4v) is 1.67. The molecule has 0 saturated carbocycles. The third-order valence-corrected chi connectivity index (χ3v) is 2.56. The minimum atomic E-state index is -0.380. The van der Waals surface area contributed by atoms with Gasteiger partial charge in [-0.25, -0.2) is 0 Å². The van der Waals surface area contributed by atoms with Crippen LogP contribution in [0.25, 0.3) is 11.3 Å². The van der Waals surface area contributed by atoms with Gasteiger partial charge in [0.1, 0.15) is 0 Å². The maximum absolute atomic E-state index is 9.03. The SMILES string of the molecule is Cn1nc(-c2ccccc2)cc1C(N)CO. The summed E-state index contributed by atoms with van der Waals surface area (Å²) in [5.74, 6) is 0. The molecule has 0 bridgehead atoms. The monoisotopic (exact) mass is 217 g/mol. The number of aliphatic hydroxyl groups is 1. The van der Waals surface area contributed by atoms with E-state index in [2.05, 4.69) is 5.10 Å². The molecule has 4 heteroatoms. The van der Waals surface area contributed by atoms with Crippen LogP contribution in [0.15, 0.2) is 36.4 Å². The smallest absolute Gasteiger partial charge is 0.0926 e. The molecule has 84 valence electrons. The summed E-state index contributed by atoms with van der Waals surface area (Å²) in [5, 5.41) is 13.4. The van der Waals surface area contributed by atoms with Crippen molar-refractivity contribution in [2.75, 3.05) is 6.61 Å². The normalized spacial score (nSPS) is 12.7. The van der Waals surface area contributed by atoms with E-state index in [4.69, 9.17) is 10.8 Å². The second-order valence-electron chi connectivity index (χ2n) is 3.73. The first-order valence-corrected chi connectivity index (χ1v) is 5.18. The van der Waals surface area contributed by atoms with Crippen molar-refractivity contribution in [2.45, 2.75) is 6.04 Å². The molecule has 1 aromatic heterocycles. The maximum Gasteiger partial charge on any atom is 0.0926 e. The van der Waals surface area contributed by atoms with E-state index in [9.17, 15) is 0 Å². The van der Waals surface area contributed by atoms with Crippen molar-refractivity contribution < 1.29 is 5.11 Å². The van der Waals surface area contributed by atoms with Gasteiger partial charge in [0.05, 0.1) is 24.0 Å². The molecule has 0 saturated heterocycles. The molecule has 0 fully saturated rings. The number of aryl methyl sites for hydroxylation is 1. The topological polar surface area (TPSA) is 64.1 Å². The Morgan fingerprint density at radius 3 is 2.69 bits per heavy atom. The van der Waals surface area contributed by atoms with E-state index < -0.39 is 0 Å². The van der Waals surface area contributed by atoms with Crippen LogP contribution in [0.4, 0.5) is 0 Å². The van der Waals surface area contributed by atoms with Crippen LogP contribution >= 0.6 is 0 Å². The molecular formula is C12H15N3O. The van der Waals surface area contributed by atoms with Gasteiger partial charge in [-0.1, -0.05) is 30.3 Å². The Labute approximate surface area is 94.3 Å². The molecule has 1 atom stereocenters. The van der Waals surface area contributed by atoms with E-state index in [-0.39, 0.29) is 12.6 Å².